The van der Waals surface area contributed by atoms with Crippen molar-refractivity contribution in [1.29, 1.82) is 0 Å². The smallest absolute Gasteiger partial charge is 0.263 e. The third-order valence-corrected chi connectivity index (χ3v) is 7.86. The van der Waals surface area contributed by atoms with E-state index in [4.69, 9.17) is 0 Å². The minimum atomic E-state index is 0.125. The summed E-state index contributed by atoms with van der Waals surface area (Å²) >= 11 is 1.65. The molecule has 1 aliphatic rings. The number of benzene rings is 2. The first-order valence-electron chi connectivity index (χ1n) is 11.5. The van der Waals surface area contributed by atoms with Crippen LogP contribution in [0.3, 0.4) is 0 Å². The van der Waals surface area contributed by atoms with E-state index in [9.17, 15) is 4.79 Å². The van der Waals surface area contributed by atoms with Gasteiger partial charge in [-0.15, -0.1) is 11.3 Å². The summed E-state index contributed by atoms with van der Waals surface area (Å²) in [5.41, 5.74) is 3.97. The molecule has 166 valence electrons. The van der Waals surface area contributed by atoms with E-state index in [1.165, 1.54) is 32.1 Å². The molecule has 4 aromatic rings. The average Bonchev–Trinajstić information content (AvgIpc) is 3.48. The van der Waals surface area contributed by atoms with E-state index in [0.29, 0.717) is 12.0 Å². The molecule has 2 aromatic carbocycles. The Morgan fingerprint density at radius 3 is 2.56 bits per heavy atom. The molecular formula is C27H31N3OS. The Hall–Kier alpha value is -2.63. The van der Waals surface area contributed by atoms with Crippen LogP contribution in [-0.4, -0.2) is 47.5 Å². The maximum atomic E-state index is 13.0. The summed E-state index contributed by atoms with van der Waals surface area (Å²) in [4.78, 5) is 18.2. The standard InChI is InChI=1S/C27H31N3OS/c1-18(2)30-17-20(21-9-5-7-11-23(21)30)16-29-14-13-19(15-29)25-22-10-6-8-12-24(22)32-26(25)27(31)28(3)4/h5-12,17-19H,13-16H2,1-4H3/t19-/m1/s1. The Kier molecular flexibility index (Phi) is 5.56. The molecule has 0 radical (unpaired) electrons. The van der Waals surface area contributed by atoms with Crippen LogP contribution in [0, 0.1) is 0 Å². The quantitative estimate of drug-likeness (QED) is 0.370. The molecule has 0 spiro atoms. The zero-order chi connectivity index (χ0) is 22.4. The van der Waals surface area contributed by atoms with E-state index in [1.807, 2.05) is 14.1 Å². The first kappa shape index (κ1) is 21.2. The Balaban J connectivity index is 1.45. The number of aromatic nitrogens is 1. The lowest BCUT2D eigenvalue weighted by atomic mass is 9.95. The number of rotatable bonds is 5. The summed E-state index contributed by atoms with van der Waals surface area (Å²) in [6.07, 6.45) is 3.43. The van der Waals surface area contributed by atoms with Crippen molar-refractivity contribution in [3.8, 4) is 0 Å². The SMILES string of the molecule is CC(C)n1cc(CN2CC[C@@H](c3c(C(=O)N(C)C)sc4ccccc34)C2)c2ccccc21. The number of fused-ring (bicyclic) bond motifs is 2. The summed E-state index contributed by atoms with van der Waals surface area (Å²) in [7, 11) is 3.70. The second kappa shape index (κ2) is 8.38. The Labute approximate surface area is 194 Å². The minimum absolute atomic E-state index is 0.125. The first-order chi connectivity index (χ1) is 15.4. The molecule has 4 nitrogen and oxygen atoms in total. The average molecular weight is 446 g/mol. The highest BCUT2D eigenvalue weighted by Crippen LogP contribution is 2.41. The molecule has 0 saturated carbocycles. The second-order valence-corrected chi connectivity index (χ2v) is 10.5. The summed E-state index contributed by atoms with van der Waals surface area (Å²) in [5.74, 6) is 0.517. The van der Waals surface area contributed by atoms with Crippen LogP contribution in [0.1, 0.15) is 53.0 Å². The van der Waals surface area contributed by atoms with Crippen LogP contribution in [0.2, 0.25) is 0 Å². The molecule has 5 heteroatoms. The maximum absolute atomic E-state index is 13.0. The number of carbonyl (C=O) groups is 1. The van der Waals surface area contributed by atoms with Crippen LogP contribution in [0.4, 0.5) is 0 Å². The topological polar surface area (TPSA) is 28.5 Å². The molecule has 32 heavy (non-hydrogen) atoms. The molecule has 3 heterocycles. The van der Waals surface area contributed by atoms with E-state index in [1.54, 1.807) is 16.2 Å². The van der Waals surface area contributed by atoms with Gasteiger partial charge >= 0.3 is 0 Å². The molecule has 1 amide bonds. The van der Waals surface area contributed by atoms with Crippen molar-refractivity contribution in [3.63, 3.8) is 0 Å². The normalized spacial score (nSPS) is 17.1. The van der Waals surface area contributed by atoms with E-state index >= 15 is 0 Å². The number of nitrogens with zero attached hydrogens (tertiary/aromatic N) is 3. The van der Waals surface area contributed by atoms with Gasteiger partial charge in [0.05, 0.1) is 4.88 Å². The maximum Gasteiger partial charge on any atom is 0.263 e. The van der Waals surface area contributed by atoms with E-state index in [0.717, 1.165) is 30.9 Å². The molecule has 2 aromatic heterocycles. The minimum Gasteiger partial charge on any atom is -0.345 e. The predicted molar refractivity (Wildman–Crippen MR) is 135 cm³/mol. The van der Waals surface area contributed by atoms with Crippen molar-refractivity contribution < 1.29 is 4.79 Å². The zero-order valence-electron chi connectivity index (χ0n) is 19.3. The van der Waals surface area contributed by atoms with Gasteiger partial charge in [0, 0.05) is 60.9 Å². The van der Waals surface area contributed by atoms with Gasteiger partial charge in [-0.2, -0.15) is 0 Å². The Bertz CT molecular complexity index is 1280. The lowest BCUT2D eigenvalue weighted by molar-refractivity contribution is 0.0831. The largest absolute Gasteiger partial charge is 0.345 e. The van der Waals surface area contributed by atoms with E-state index in [2.05, 4.69) is 78.0 Å². The fourth-order valence-electron chi connectivity index (χ4n) is 5.12. The van der Waals surface area contributed by atoms with Gasteiger partial charge in [-0.25, -0.2) is 0 Å². The first-order valence-corrected chi connectivity index (χ1v) is 12.3. The highest BCUT2D eigenvalue weighted by molar-refractivity contribution is 7.21. The third-order valence-electron chi connectivity index (χ3n) is 6.69. The molecule has 0 bridgehead atoms. The molecule has 1 atom stereocenters. The lowest BCUT2D eigenvalue weighted by Gasteiger charge is -2.17. The molecule has 5 rings (SSSR count). The third kappa shape index (κ3) is 3.63. The molecular weight excluding hydrogens is 414 g/mol. The fraction of sp³-hybridized carbons (Fsp3) is 0.370. The van der Waals surface area contributed by atoms with Gasteiger partial charge < -0.3 is 9.47 Å². The second-order valence-electron chi connectivity index (χ2n) is 9.43. The Morgan fingerprint density at radius 2 is 1.81 bits per heavy atom. The van der Waals surface area contributed by atoms with E-state index in [-0.39, 0.29) is 5.91 Å². The molecule has 0 unspecified atom stereocenters. The zero-order valence-corrected chi connectivity index (χ0v) is 20.2. The van der Waals surface area contributed by atoms with Crippen molar-refractivity contribution in [1.82, 2.24) is 14.4 Å². The van der Waals surface area contributed by atoms with Gasteiger partial charge in [0.25, 0.3) is 5.91 Å². The van der Waals surface area contributed by atoms with E-state index < -0.39 is 0 Å². The molecule has 0 N–H and O–H groups in total. The van der Waals surface area contributed by atoms with Gasteiger partial charge in [-0.1, -0.05) is 36.4 Å². The van der Waals surface area contributed by atoms with Crippen LogP contribution in [-0.2, 0) is 6.54 Å². The van der Waals surface area contributed by atoms with Crippen molar-refractivity contribution in [3.05, 3.63) is 70.7 Å². The van der Waals surface area contributed by atoms with Crippen molar-refractivity contribution in [2.45, 2.75) is 38.8 Å². The summed E-state index contributed by atoms with van der Waals surface area (Å²) in [6, 6.07) is 17.7. The highest BCUT2D eigenvalue weighted by Gasteiger charge is 2.31. The van der Waals surface area contributed by atoms with Crippen LogP contribution in [0.15, 0.2) is 54.7 Å². The highest BCUT2D eigenvalue weighted by atomic mass is 32.1. The lowest BCUT2D eigenvalue weighted by Crippen LogP contribution is -2.23. The number of hydrogen-bond donors (Lipinski definition) is 0. The van der Waals surface area contributed by atoms with Gasteiger partial charge in [0.15, 0.2) is 0 Å². The fourth-order valence-corrected chi connectivity index (χ4v) is 6.43. The predicted octanol–water partition coefficient (Wildman–Crippen LogP) is 6.13. The molecule has 1 fully saturated rings. The van der Waals surface area contributed by atoms with Crippen LogP contribution in [0.5, 0.6) is 0 Å². The molecule has 1 aliphatic heterocycles. The van der Waals surface area contributed by atoms with Gasteiger partial charge in [-0.05, 0) is 55.5 Å². The summed E-state index contributed by atoms with van der Waals surface area (Å²) in [5, 5.41) is 2.61. The number of likely N-dealkylation sites (tertiary alicyclic amines) is 1. The summed E-state index contributed by atoms with van der Waals surface area (Å²) < 4.78 is 3.60. The number of hydrogen-bond acceptors (Lipinski definition) is 3. The van der Waals surface area contributed by atoms with Crippen LogP contribution >= 0.6 is 11.3 Å². The number of amides is 1. The van der Waals surface area contributed by atoms with Crippen molar-refractivity contribution >= 4 is 38.2 Å². The monoisotopic (exact) mass is 445 g/mol. The number of para-hydroxylation sites is 1. The molecule has 0 aliphatic carbocycles. The van der Waals surface area contributed by atoms with Crippen molar-refractivity contribution in [2.24, 2.45) is 0 Å². The molecule has 1 saturated heterocycles. The van der Waals surface area contributed by atoms with Crippen molar-refractivity contribution in [2.75, 3.05) is 27.2 Å². The van der Waals surface area contributed by atoms with Crippen LogP contribution < -0.4 is 0 Å². The number of thiophene rings is 1. The van der Waals surface area contributed by atoms with Gasteiger partial charge in [0.1, 0.15) is 0 Å². The summed E-state index contributed by atoms with van der Waals surface area (Å²) in [6.45, 7) is 7.50. The van der Waals surface area contributed by atoms with Crippen LogP contribution in [0.25, 0.3) is 21.0 Å². The Morgan fingerprint density at radius 1 is 1.09 bits per heavy atom. The van der Waals surface area contributed by atoms with Gasteiger partial charge in [0.2, 0.25) is 0 Å². The van der Waals surface area contributed by atoms with Gasteiger partial charge in [-0.3, -0.25) is 9.69 Å². The number of carbonyl (C=O) groups excluding carboxylic acids is 1.